The summed E-state index contributed by atoms with van der Waals surface area (Å²) >= 11 is 0. The Labute approximate surface area is 145 Å². The van der Waals surface area contributed by atoms with E-state index in [2.05, 4.69) is 15.0 Å². The molecule has 132 valence electrons. The van der Waals surface area contributed by atoms with E-state index in [1.807, 2.05) is 24.3 Å². The normalized spacial score (nSPS) is 14.4. The molecule has 1 fully saturated rings. The highest BCUT2D eigenvalue weighted by Crippen LogP contribution is 2.24. The van der Waals surface area contributed by atoms with Gasteiger partial charge in [-0.2, -0.15) is 8.78 Å². The molecule has 4 nitrogen and oxygen atoms in total. The number of nitrogens with one attached hydrogen (secondary N) is 1. The molecule has 0 aliphatic carbocycles. The first-order valence-electron chi connectivity index (χ1n) is 8.34. The molecule has 2 aromatic rings. The molecular formula is C19H20F2N2O2. The quantitative estimate of drug-likeness (QED) is 0.865. The number of para-hydroxylation sites is 1. The Bertz CT molecular complexity index is 714. The first-order chi connectivity index (χ1) is 12.1. The molecule has 0 bridgehead atoms. The fourth-order valence-corrected chi connectivity index (χ4v) is 2.96. The second-order valence-corrected chi connectivity index (χ2v) is 5.92. The number of carbonyl (C=O) groups is 1. The molecule has 1 N–H and O–H groups in total. The molecule has 1 aliphatic rings. The minimum atomic E-state index is -2.97. The Hall–Kier alpha value is -2.63. The predicted molar refractivity (Wildman–Crippen MR) is 93.5 cm³/mol. The molecule has 0 aromatic heterocycles. The fourth-order valence-electron chi connectivity index (χ4n) is 2.96. The minimum Gasteiger partial charge on any atom is -0.434 e. The van der Waals surface area contributed by atoms with Crippen molar-refractivity contribution in [3.63, 3.8) is 0 Å². The smallest absolute Gasteiger partial charge is 0.387 e. The number of hydrogen-bond acceptors (Lipinski definition) is 3. The van der Waals surface area contributed by atoms with E-state index in [9.17, 15) is 13.6 Å². The molecule has 0 saturated carbocycles. The Morgan fingerprint density at radius 3 is 2.36 bits per heavy atom. The monoisotopic (exact) mass is 346 g/mol. The van der Waals surface area contributed by atoms with Crippen molar-refractivity contribution in [3.8, 4) is 5.75 Å². The van der Waals surface area contributed by atoms with E-state index in [-0.39, 0.29) is 11.3 Å². The number of alkyl halides is 2. The maximum atomic E-state index is 12.5. The van der Waals surface area contributed by atoms with Crippen LogP contribution < -0.4 is 15.0 Å². The van der Waals surface area contributed by atoms with Gasteiger partial charge >= 0.3 is 6.61 Å². The van der Waals surface area contributed by atoms with Crippen molar-refractivity contribution in [2.75, 3.05) is 23.3 Å². The highest BCUT2D eigenvalue weighted by molar-refractivity contribution is 6.06. The number of halogens is 2. The summed E-state index contributed by atoms with van der Waals surface area (Å²) < 4.78 is 29.3. The van der Waals surface area contributed by atoms with Crippen LogP contribution in [-0.2, 0) is 0 Å². The number of piperidine rings is 1. The van der Waals surface area contributed by atoms with E-state index in [1.165, 1.54) is 31.4 Å². The number of benzene rings is 2. The van der Waals surface area contributed by atoms with Gasteiger partial charge in [-0.1, -0.05) is 12.1 Å². The van der Waals surface area contributed by atoms with Crippen LogP contribution in [0.15, 0.2) is 48.5 Å². The van der Waals surface area contributed by atoms with Crippen molar-refractivity contribution in [1.82, 2.24) is 0 Å². The molecule has 0 atom stereocenters. The van der Waals surface area contributed by atoms with Crippen LogP contribution in [0.1, 0.15) is 29.6 Å². The number of nitrogens with zero attached hydrogens (tertiary/aromatic N) is 1. The van der Waals surface area contributed by atoms with Gasteiger partial charge in [-0.3, -0.25) is 4.79 Å². The van der Waals surface area contributed by atoms with Gasteiger partial charge < -0.3 is 15.0 Å². The summed E-state index contributed by atoms with van der Waals surface area (Å²) in [5.41, 5.74) is 1.81. The van der Waals surface area contributed by atoms with Gasteiger partial charge in [-0.05, 0) is 55.7 Å². The van der Waals surface area contributed by atoms with Gasteiger partial charge in [-0.15, -0.1) is 0 Å². The number of anilines is 2. The number of carbonyl (C=O) groups excluding carboxylic acids is 1. The molecule has 25 heavy (non-hydrogen) atoms. The average molecular weight is 346 g/mol. The van der Waals surface area contributed by atoms with E-state index >= 15 is 0 Å². The molecule has 0 spiro atoms. The lowest BCUT2D eigenvalue weighted by molar-refractivity contribution is -0.0501. The SMILES string of the molecule is O=C(Nc1ccc(N2CCCCC2)cc1)c1ccccc1OC(F)F. The highest BCUT2D eigenvalue weighted by Gasteiger charge is 2.16. The van der Waals surface area contributed by atoms with Crippen molar-refractivity contribution in [1.29, 1.82) is 0 Å². The maximum Gasteiger partial charge on any atom is 0.387 e. The van der Waals surface area contributed by atoms with E-state index in [4.69, 9.17) is 0 Å². The third kappa shape index (κ3) is 4.47. The van der Waals surface area contributed by atoms with Crippen molar-refractivity contribution >= 4 is 17.3 Å². The molecule has 0 radical (unpaired) electrons. The zero-order chi connectivity index (χ0) is 17.6. The first kappa shape index (κ1) is 17.2. The lowest BCUT2D eigenvalue weighted by Gasteiger charge is -2.28. The van der Waals surface area contributed by atoms with Crippen LogP contribution in [0.3, 0.4) is 0 Å². The summed E-state index contributed by atoms with van der Waals surface area (Å²) in [6, 6.07) is 13.5. The Balaban J connectivity index is 1.69. The van der Waals surface area contributed by atoms with Crippen LogP contribution in [0.2, 0.25) is 0 Å². The average Bonchev–Trinajstić information content (AvgIpc) is 2.63. The summed E-state index contributed by atoms with van der Waals surface area (Å²) in [7, 11) is 0. The molecule has 1 amide bonds. The lowest BCUT2D eigenvalue weighted by atomic mass is 10.1. The Morgan fingerprint density at radius 1 is 1.00 bits per heavy atom. The Morgan fingerprint density at radius 2 is 1.68 bits per heavy atom. The zero-order valence-electron chi connectivity index (χ0n) is 13.8. The van der Waals surface area contributed by atoms with Crippen molar-refractivity contribution in [3.05, 3.63) is 54.1 Å². The predicted octanol–water partition coefficient (Wildman–Crippen LogP) is 4.53. The second kappa shape index (κ2) is 7.96. The summed E-state index contributed by atoms with van der Waals surface area (Å²) in [6.07, 6.45) is 3.66. The van der Waals surface area contributed by atoms with Crippen molar-refractivity contribution in [2.24, 2.45) is 0 Å². The van der Waals surface area contributed by atoms with E-state index < -0.39 is 12.5 Å². The molecule has 1 saturated heterocycles. The van der Waals surface area contributed by atoms with Crippen LogP contribution in [0.4, 0.5) is 20.2 Å². The summed E-state index contributed by atoms with van der Waals surface area (Å²) in [5, 5.41) is 2.72. The number of rotatable bonds is 5. The van der Waals surface area contributed by atoms with Gasteiger partial charge in [0, 0.05) is 24.5 Å². The van der Waals surface area contributed by atoms with E-state index in [0.29, 0.717) is 5.69 Å². The second-order valence-electron chi connectivity index (χ2n) is 5.92. The Kier molecular flexibility index (Phi) is 5.48. The third-order valence-corrected chi connectivity index (χ3v) is 4.19. The van der Waals surface area contributed by atoms with Crippen LogP contribution >= 0.6 is 0 Å². The molecular weight excluding hydrogens is 326 g/mol. The van der Waals surface area contributed by atoms with Gasteiger partial charge in [0.25, 0.3) is 5.91 Å². The van der Waals surface area contributed by atoms with Crippen LogP contribution in [0.5, 0.6) is 5.75 Å². The van der Waals surface area contributed by atoms with Gasteiger partial charge in [0.2, 0.25) is 0 Å². The number of amides is 1. The molecule has 3 rings (SSSR count). The number of hydrogen-bond donors (Lipinski definition) is 1. The van der Waals surface area contributed by atoms with Gasteiger partial charge in [0.15, 0.2) is 0 Å². The summed E-state index contributed by atoms with van der Waals surface area (Å²) in [5.74, 6) is -0.623. The third-order valence-electron chi connectivity index (χ3n) is 4.19. The van der Waals surface area contributed by atoms with E-state index in [1.54, 1.807) is 12.1 Å². The minimum absolute atomic E-state index is 0.0721. The van der Waals surface area contributed by atoms with Gasteiger partial charge in [0.05, 0.1) is 5.56 Å². The molecule has 2 aromatic carbocycles. The zero-order valence-corrected chi connectivity index (χ0v) is 13.8. The van der Waals surface area contributed by atoms with Crippen LogP contribution in [-0.4, -0.2) is 25.6 Å². The largest absolute Gasteiger partial charge is 0.434 e. The summed E-state index contributed by atoms with van der Waals surface area (Å²) in [4.78, 5) is 14.7. The first-order valence-corrected chi connectivity index (χ1v) is 8.34. The molecule has 6 heteroatoms. The number of ether oxygens (including phenoxy) is 1. The van der Waals surface area contributed by atoms with Gasteiger partial charge in [0.1, 0.15) is 5.75 Å². The van der Waals surface area contributed by atoms with E-state index in [0.717, 1.165) is 18.8 Å². The topological polar surface area (TPSA) is 41.6 Å². The molecule has 1 aliphatic heterocycles. The molecule has 1 heterocycles. The van der Waals surface area contributed by atoms with Crippen molar-refractivity contribution < 1.29 is 18.3 Å². The fraction of sp³-hybridized carbons (Fsp3) is 0.316. The van der Waals surface area contributed by atoms with Crippen LogP contribution in [0.25, 0.3) is 0 Å². The van der Waals surface area contributed by atoms with Gasteiger partial charge in [-0.25, -0.2) is 0 Å². The molecule has 0 unspecified atom stereocenters. The van der Waals surface area contributed by atoms with Crippen molar-refractivity contribution in [2.45, 2.75) is 25.9 Å². The van der Waals surface area contributed by atoms with Crippen LogP contribution in [0, 0.1) is 0 Å². The standard InChI is InChI=1S/C19H20F2N2O2/c20-19(21)25-17-7-3-2-6-16(17)18(24)22-14-8-10-15(11-9-14)23-12-4-1-5-13-23/h2-3,6-11,19H,1,4-5,12-13H2,(H,22,24). The summed E-state index contributed by atoms with van der Waals surface area (Å²) in [6.45, 7) is -0.883. The lowest BCUT2D eigenvalue weighted by Crippen LogP contribution is -2.29. The highest BCUT2D eigenvalue weighted by atomic mass is 19.3. The maximum absolute atomic E-state index is 12.5.